The van der Waals surface area contributed by atoms with Crippen LogP contribution in [0.25, 0.3) is 0 Å². The molecule has 2 aromatic carbocycles. The summed E-state index contributed by atoms with van der Waals surface area (Å²) in [4.78, 5) is 0. The molecule has 1 saturated heterocycles. The van der Waals surface area contributed by atoms with Gasteiger partial charge in [-0.2, -0.15) is 0 Å². The highest BCUT2D eigenvalue weighted by atomic mass is 79.9. The Morgan fingerprint density at radius 2 is 1.75 bits per heavy atom. The number of hydrogen-bond donors (Lipinski definition) is 0. The van der Waals surface area contributed by atoms with E-state index in [0.717, 1.165) is 15.6 Å². The molecule has 2 aromatic rings. The number of rotatable bonds is 3. The van der Waals surface area contributed by atoms with E-state index >= 15 is 0 Å². The number of benzene rings is 2. The fourth-order valence-electron chi connectivity index (χ4n) is 2.34. The first-order chi connectivity index (χ1) is 9.73. The Labute approximate surface area is 135 Å². The molecular formula is C16H14Br2O2. The van der Waals surface area contributed by atoms with Gasteiger partial charge in [-0.3, -0.25) is 0 Å². The van der Waals surface area contributed by atoms with Crippen LogP contribution in [0, 0.1) is 0 Å². The van der Waals surface area contributed by atoms with Crippen molar-refractivity contribution < 1.29 is 9.47 Å². The van der Waals surface area contributed by atoms with Crippen molar-refractivity contribution in [2.24, 2.45) is 0 Å². The summed E-state index contributed by atoms with van der Waals surface area (Å²) in [6.45, 7) is 0.561. The molecule has 3 rings (SSSR count). The zero-order chi connectivity index (χ0) is 14.0. The fourth-order valence-corrected chi connectivity index (χ4v) is 3.22. The average Bonchev–Trinajstić information content (AvgIpc) is 2.95. The molecule has 104 valence electrons. The summed E-state index contributed by atoms with van der Waals surface area (Å²) < 4.78 is 13.3. The highest BCUT2D eigenvalue weighted by molar-refractivity contribution is 9.10. The standard InChI is InChI=1S/C16H14Br2O2/c17-11-16(13-6-8-14(18)9-7-13)19-10-15(20-16)12-4-2-1-3-5-12/h1-9,15H,10-11H2/t15-,16+/m0/s1. The van der Waals surface area contributed by atoms with Crippen LogP contribution in [0.5, 0.6) is 0 Å². The number of hydrogen-bond acceptors (Lipinski definition) is 2. The quantitative estimate of drug-likeness (QED) is 0.693. The van der Waals surface area contributed by atoms with E-state index in [2.05, 4.69) is 44.0 Å². The summed E-state index contributed by atoms with van der Waals surface area (Å²) in [5.41, 5.74) is 2.17. The van der Waals surface area contributed by atoms with E-state index in [1.807, 2.05) is 42.5 Å². The lowest BCUT2D eigenvalue weighted by Gasteiger charge is -2.26. The van der Waals surface area contributed by atoms with Crippen LogP contribution in [0.3, 0.4) is 0 Å². The van der Waals surface area contributed by atoms with Crippen LogP contribution >= 0.6 is 31.9 Å². The van der Waals surface area contributed by atoms with E-state index in [4.69, 9.17) is 9.47 Å². The van der Waals surface area contributed by atoms with Crippen LogP contribution in [0.1, 0.15) is 17.2 Å². The van der Waals surface area contributed by atoms with Crippen molar-refractivity contribution in [1.29, 1.82) is 0 Å². The molecule has 0 amide bonds. The predicted molar refractivity (Wildman–Crippen MR) is 85.8 cm³/mol. The molecular weight excluding hydrogens is 384 g/mol. The van der Waals surface area contributed by atoms with Crippen LogP contribution in [-0.2, 0) is 15.3 Å². The molecule has 0 spiro atoms. The largest absolute Gasteiger partial charge is 0.342 e. The smallest absolute Gasteiger partial charge is 0.205 e. The molecule has 0 aromatic heterocycles. The van der Waals surface area contributed by atoms with Gasteiger partial charge in [-0.05, 0) is 17.7 Å². The summed E-state index contributed by atoms with van der Waals surface area (Å²) in [6, 6.07) is 18.2. The van der Waals surface area contributed by atoms with Crippen LogP contribution in [-0.4, -0.2) is 11.9 Å². The summed E-state index contributed by atoms with van der Waals surface area (Å²) >= 11 is 6.98. The summed E-state index contributed by atoms with van der Waals surface area (Å²) in [7, 11) is 0. The van der Waals surface area contributed by atoms with Gasteiger partial charge in [-0.25, -0.2) is 0 Å². The number of alkyl halides is 1. The van der Waals surface area contributed by atoms with E-state index < -0.39 is 5.79 Å². The maximum Gasteiger partial charge on any atom is 0.205 e. The van der Waals surface area contributed by atoms with Crippen LogP contribution in [0.4, 0.5) is 0 Å². The van der Waals surface area contributed by atoms with Gasteiger partial charge in [0.1, 0.15) is 6.10 Å². The van der Waals surface area contributed by atoms with Crippen molar-refractivity contribution in [2.75, 3.05) is 11.9 Å². The summed E-state index contributed by atoms with van der Waals surface area (Å²) in [6.07, 6.45) is -0.0302. The lowest BCUT2D eigenvalue weighted by molar-refractivity contribution is -0.157. The Morgan fingerprint density at radius 1 is 1.05 bits per heavy atom. The molecule has 2 nitrogen and oxygen atoms in total. The summed E-state index contributed by atoms with van der Waals surface area (Å²) in [5.74, 6) is -0.707. The van der Waals surface area contributed by atoms with Crippen molar-refractivity contribution in [2.45, 2.75) is 11.9 Å². The molecule has 1 aliphatic heterocycles. The van der Waals surface area contributed by atoms with Crippen molar-refractivity contribution in [3.8, 4) is 0 Å². The lowest BCUT2D eigenvalue weighted by atomic mass is 10.1. The maximum absolute atomic E-state index is 6.23. The summed E-state index contributed by atoms with van der Waals surface area (Å²) in [5, 5.41) is 0.602. The Kier molecular flexibility index (Phi) is 4.26. The molecule has 20 heavy (non-hydrogen) atoms. The fraction of sp³-hybridized carbons (Fsp3) is 0.250. The first-order valence-electron chi connectivity index (χ1n) is 6.42. The second kappa shape index (κ2) is 5.98. The Balaban J connectivity index is 1.87. The third-order valence-electron chi connectivity index (χ3n) is 3.43. The number of halogens is 2. The molecule has 1 aliphatic rings. The third kappa shape index (κ3) is 2.70. The van der Waals surface area contributed by atoms with Gasteiger partial charge in [0.2, 0.25) is 5.79 Å². The first-order valence-corrected chi connectivity index (χ1v) is 8.34. The molecule has 0 aliphatic carbocycles. The van der Waals surface area contributed by atoms with Gasteiger partial charge in [-0.1, -0.05) is 74.3 Å². The van der Waals surface area contributed by atoms with E-state index in [1.165, 1.54) is 0 Å². The van der Waals surface area contributed by atoms with Crippen LogP contribution < -0.4 is 0 Å². The highest BCUT2D eigenvalue weighted by Crippen LogP contribution is 2.41. The molecule has 0 radical (unpaired) electrons. The van der Waals surface area contributed by atoms with E-state index in [9.17, 15) is 0 Å². The maximum atomic E-state index is 6.23. The molecule has 4 heteroatoms. The van der Waals surface area contributed by atoms with Crippen molar-refractivity contribution in [1.82, 2.24) is 0 Å². The molecule has 1 heterocycles. The van der Waals surface area contributed by atoms with Crippen LogP contribution in [0.2, 0.25) is 0 Å². The molecule has 0 saturated carbocycles. The van der Waals surface area contributed by atoms with Gasteiger partial charge in [-0.15, -0.1) is 0 Å². The minimum absolute atomic E-state index is 0.0302. The monoisotopic (exact) mass is 396 g/mol. The zero-order valence-corrected chi connectivity index (χ0v) is 13.9. The topological polar surface area (TPSA) is 18.5 Å². The average molecular weight is 398 g/mol. The Bertz CT molecular complexity index is 571. The molecule has 1 fully saturated rings. The minimum atomic E-state index is -0.707. The van der Waals surface area contributed by atoms with Gasteiger partial charge in [0.15, 0.2) is 0 Å². The molecule has 0 unspecified atom stereocenters. The predicted octanol–water partition coefficient (Wildman–Crippen LogP) is 4.78. The second-order valence-electron chi connectivity index (χ2n) is 4.72. The van der Waals surface area contributed by atoms with E-state index in [1.54, 1.807) is 0 Å². The molecule has 0 bridgehead atoms. The van der Waals surface area contributed by atoms with Crippen molar-refractivity contribution in [3.05, 3.63) is 70.2 Å². The number of ether oxygens (including phenoxy) is 2. The minimum Gasteiger partial charge on any atom is -0.342 e. The SMILES string of the molecule is BrC[C@@]1(c2ccc(Br)cc2)OC[C@@H](c2ccccc2)O1. The van der Waals surface area contributed by atoms with Crippen molar-refractivity contribution >= 4 is 31.9 Å². The Hall–Kier alpha value is -0.680. The van der Waals surface area contributed by atoms with Gasteiger partial charge in [0.05, 0.1) is 11.9 Å². The first kappa shape index (κ1) is 14.3. The van der Waals surface area contributed by atoms with Gasteiger partial charge >= 0.3 is 0 Å². The van der Waals surface area contributed by atoms with E-state index in [-0.39, 0.29) is 6.10 Å². The Morgan fingerprint density at radius 3 is 2.40 bits per heavy atom. The van der Waals surface area contributed by atoms with Gasteiger partial charge in [0, 0.05) is 10.0 Å². The molecule has 0 N–H and O–H groups in total. The zero-order valence-electron chi connectivity index (χ0n) is 10.8. The van der Waals surface area contributed by atoms with Crippen LogP contribution in [0.15, 0.2) is 59.1 Å². The van der Waals surface area contributed by atoms with Crippen molar-refractivity contribution in [3.63, 3.8) is 0 Å². The molecule has 2 atom stereocenters. The van der Waals surface area contributed by atoms with Gasteiger partial charge in [0.25, 0.3) is 0 Å². The highest BCUT2D eigenvalue weighted by Gasteiger charge is 2.42. The van der Waals surface area contributed by atoms with Gasteiger partial charge < -0.3 is 9.47 Å². The second-order valence-corrected chi connectivity index (χ2v) is 6.20. The normalized spacial score (nSPS) is 25.8. The van der Waals surface area contributed by atoms with E-state index in [0.29, 0.717) is 11.9 Å². The lowest BCUT2D eigenvalue weighted by Crippen LogP contribution is -2.29. The third-order valence-corrected chi connectivity index (χ3v) is 4.70.